The third-order valence-corrected chi connectivity index (χ3v) is 1.81. The van der Waals surface area contributed by atoms with E-state index in [-0.39, 0.29) is 0 Å². The lowest BCUT2D eigenvalue weighted by Gasteiger charge is -2.03. The average Bonchev–Trinajstić information content (AvgIpc) is 2.69. The Labute approximate surface area is 81.6 Å². The highest BCUT2D eigenvalue weighted by Gasteiger charge is 2.02. The molecular formula is C9H11N5. The van der Waals surface area contributed by atoms with Gasteiger partial charge in [0.25, 0.3) is 5.95 Å². The largest absolute Gasteiger partial charge is 0.325 e. The van der Waals surface area contributed by atoms with Crippen LogP contribution in [0.5, 0.6) is 0 Å². The van der Waals surface area contributed by atoms with E-state index in [0.29, 0.717) is 12.5 Å². The summed E-state index contributed by atoms with van der Waals surface area (Å²) in [7, 11) is 0. The number of aryl methyl sites for hydroxylation is 1. The Hall–Kier alpha value is -1.75. The number of rotatable bonds is 2. The van der Waals surface area contributed by atoms with Crippen molar-refractivity contribution < 1.29 is 0 Å². The molecular weight excluding hydrogens is 178 g/mol. The van der Waals surface area contributed by atoms with Crippen molar-refractivity contribution in [2.45, 2.75) is 13.5 Å². The summed E-state index contributed by atoms with van der Waals surface area (Å²) in [5.41, 5.74) is 7.24. The van der Waals surface area contributed by atoms with E-state index < -0.39 is 0 Å². The molecule has 72 valence electrons. The van der Waals surface area contributed by atoms with Crippen LogP contribution < -0.4 is 5.73 Å². The van der Waals surface area contributed by atoms with E-state index in [0.717, 1.165) is 11.4 Å². The summed E-state index contributed by atoms with van der Waals surface area (Å²) in [6.07, 6.45) is 3.49. The van der Waals surface area contributed by atoms with Gasteiger partial charge in [0.2, 0.25) is 0 Å². The van der Waals surface area contributed by atoms with E-state index in [4.69, 9.17) is 5.73 Å². The van der Waals surface area contributed by atoms with Crippen molar-refractivity contribution >= 4 is 0 Å². The molecule has 0 radical (unpaired) electrons. The smallest absolute Gasteiger partial charge is 0.250 e. The summed E-state index contributed by atoms with van der Waals surface area (Å²) in [5.74, 6) is 0.565. The van der Waals surface area contributed by atoms with Crippen LogP contribution in [0.3, 0.4) is 0 Å². The Morgan fingerprint density at radius 2 is 2.29 bits per heavy atom. The highest BCUT2D eigenvalue weighted by atomic mass is 15.3. The summed E-state index contributed by atoms with van der Waals surface area (Å²) in [4.78, 5) is 8.52. The topological polar surface area (TPSA) is 69.6 Å². The van der Waals surface area contributed by atoms with E-state index in [1.807, 2.05) is 19.1 Å². The second-order valence-corrected chi connectivity index (χ2v) is 2.96. The van der Waals surface area contributed by atoms with Crippen molar-refractivity contribution in [3.8, 4) is 5.95 Å². The van der Waals surface area contributed by atoms with Gasteiger partial charge in [-0.1, -0.05) is 0 Å². The van der Waals surface area contributed by atoms with Crippen LogP contribution in [0.15, 0.2) is 24.5 Å². The number of hydrogen-bond acceptors (Lipinski definition) is 4. The first-order valence-corrected chi connectivity index (χ1v) is 4.34. The first-order valence-electron chi connectivity index (χ1n) is 4.34. The minimum atomic E-state index is 0.414. The van der Waals surface area contributed by atoms with E-state index in [2.05, 4.69) is 15.1 Å². The van der Waals surface area contributed by atoms with Crippen molar-refractivity contribution in [2.75, 3.05) is 0 Å². The van der Waals surface area contributed by atoms with Gasteiger partial charge in [-0.2, -0.15) is 5.10 Å². The van der Waals surface area contributed by atoms with Gasteiger partial charge in [0.1, 0.15) is 0 Å². The number of nitrogens with two attached hydrogens (primary N) is 1. The zero-order valence-electron chi connectivity index (χ0n) is 7.88. The van der Waals surface area contributed by atoms with Gasteiger partial charge >= 0.3 is 0 Å². The molecule has 0 spiro atoms. The Kier molecular flexibility index (Phi) is 2.24. The Morgan fingerprint density at radius 3 is 2.93 bits per heavy atom. The van der Waals surface area contributed by atoms with Crippen LogP contribution in [-0.2, 0) is 6.54 Å². The maximum atomic E-state index is 5.52. The first kappa shape index (κ1) is 8.83. The van der Waals surface area contributed by atoms with Gasteiger partial charge in [-0.05, 0) is 19.1 Å². The van der Waals surface area contributed by atoms with Crippen LogP contribution in [-0.4, -0.2) is 19.7 Å². The van der Waals surface area contributed by atoms with Gasteiger partial charge in [-0.25, -0.2) is 14.6 Å². The van der Waals surface area contributed by atoms with E-state index in [1.54, 1.807) is 17.1 Å². The molecule has 2 rings (SSSR count). The van der Waals surface area contributed by atoms with E-state index >= 15 is 0 Å². The molecule has 0 aromatic carbocycles. The fraction of sp³-hybridized carbons (Fsp3) is 0.222. The van der Waals surface area contributed by atoms with Crippen LogP contribution in [0, 0.1) is 6.92 Å². The molecule has 5 heteroatoms. The quantitative estimate of drug-likeness (QED) is 0.743. The maximum absolute atomic E-state index is 5.52. The van der Waals surface area contributed by atoms with E-state index in [1.165, 1.54) is 0 Å². The van der Waals surface area contributed by atoms with Gasteiger partial charge in [0, 0.05) is 24.6 Å². The minimum Gasteiger partial charge on any atom is -0.325 e. The molecule has 2 aromatic heterocycles. The number of hydrogen-bond donors (Lipinski definition) is 1. The van der Waals surface area contributed by atoms with Gasteiger partial charge in [0.05, 0.1) is 5.69 Å². The summed E-state index contributed by atoms with van der Waals surface area (Å²) in [6.45, 7) is 2.32. The maximum Gasteiger partial charge on any atom is 0.250 e. The lowest BCUT2D eigenvalue weighted by Crippen LogP contribution is -2.08. The lowest BCUT2D eigenvalue weighted by molar-refractivity contribution is 0.782. The highest BCUT2D eigenvalue weighted by molar-refractivity contribution is 5.17. The molecule has 2 heterocycles. The monoisotopic (exact) mass is 189 g/mol. The lowest BCUT2D eigenvalue weighted by atomic mass is 10.3. The van der Waals surface area contributed by atoms with Crippen molar-refractivity contribution in [1.82, 2.24) is 19.7 Å². The van der Waals surface area contributed by atoms with Crippen LogP contribution >= 0.6 is 0 Å². The Morgan fingerprint density at radius 1 is 1.43 bits per heavy atom. The predicted molar refractivity (Wildman–Crippen MR) is 51.8 cm³/mol. The molecule has 0 saturated carbocycles. The molecule has 0 atom stereocenters. The second kappa shape index (κ2) is 3.55. The van der Waals surface area contributed by atoms with Crippen molar-refractivity contribution in [3.63, 3.8) is 0 Å². The second-order valence-electron chi connectivity index (χ2n) is 2.96. The molecule has 5 nitrogen and oxygen atoms in total. The standard InChI is InChI=1S/C9H11N5/c1-7-5-8(6-10)13-9(12-7)14-4-2-3-11-14/h2-5H,6,10H2,1H3. The van der Waals surface area contributed by atoms with E-state index in [9.17, 15) is 0 Å². The fourth-order valence-electron chi connectivity index (χ4n) is 1.21. The summed E-state index contributed by atoms with van der Waals surface area (Å²) >= 11 is 0. The molecule has 0 unspecified atom stereocenters. The summed E-state index contributed by atoms with van der Waals surface area (Å²) < 4.78 is 1.62. The van der Waals surface area contributed by atoms with Crippen LogP contribution in [0.2, 0.25) is 0 Å². The molecule has 0 aliphatic carbocycles. The normalized spacial score (nSPS) is 10.4. The average molecular weight is 189 g/mol. The molecule has 0 amide bonds. The third kappa shape index (κ3) is 1.62. The Bertz CT molecular complexity index is 421. The zero-order chi connectivity index (χ0) is 9.97. The molecule has 0 fully saturated rings. The fourth-order valence-corrected chi connectivity index (χ4v) is 1.21. The molecule has 0 aliphatic heterocycles. The van der Waals surface area contributed by atoms with Gasteiger partial charge in [0.15, 0.2) is 0 Å². The van der Waals surface area contributed by atoms with Crippen molar-refractivity contribution in [1.29, 1.82) is 0 Å². The molecule has 2 N–H and O–H groups in total. The minimum absolute atomic E-state index is 0.414. The molecule has 0 saturated heterocycles. The highest BCUT2D eigenvalue weighted by Crippen LogP contribution is 2.03. The SMILES string of the molecule is Cc1cc(CN)nc(-n2cccn2)n1. The van der Waals surface area contributed by atoms with Crippen LogP contribution in [0.1, 0.15) is 11.4 Å². The van der Waals surface area contributed by atoms with Gasteiger partial charge in [-0.3, -0.25) is 0 Å². The Balaban J connectivity index is 2.48. The zero-order valence-corrected chi connectivity index (χ0v) is 7.88. The molecule has 2 aromatic rings. The first-order chi connectivity index (χ1) is 6.79. The van der Waals surface area contributed by atoms with Crippen molar-refractivity contribution in [3.05, 3.63) is 35.9 Å². The molecule has 0 aliphatic rings. The van der Waals surface area contributed by atoms with Crippen LogP contribution in [0.4, 0.5) is 0 Å². The molecule has 0 bridgehead atoms. The number of aromatic nitrogens is 4. The van der Waals surface area contributed by atoms with Crippen LogP contribution in [0.25, 0.3) is 5.95 Å². The third-order valence-electron chi connectivity index (χ3n) is 1.81. The summed E-state index contributed by atoms with van der Waals surface area (Å²) in [5, 5.41) is 4.05. The van der Waals surface area contributed by atoms with Gasteiger partial charge in [-0.15, -0.1) is 0 Å². The predicted octanol–water partition coefficient (Wildman–Crippen LogP) is 0.429. The number of nitrogens with zero attached hydrogens (tertiary/aromatic N) is 4. The summed E-state index contributed by atoms with van der Waals surface area (Å²) in [6, 6.07) is 3.70. The van der Waals surface area contributed by atoms with Crippen molar-refractivity contribution in [2.24, 2.45) is 5.73 Å². The van der Waals surface area contributed by atoms with Gasteiger partial charge < -0.3 is 5.73 Å². The molecule has 14 heavy (non-hydrogen) atoms.